The fourth-order valence-corrected chi connectivity index (χ4v) is 4.57. The zero-order chi connectivity index (χ0) is 26.1. The van der Waals surface area contributed by atoms with Gasteiger partial charge in [0.2, 0.25) is 0 Å². The van der Waals surface area contributed by atoms with Crippen LogP contribution >= 0.6 is 0 Å². The highest BCUT2D eigenvalue weighted by Crippen LogP contribution is 2.29. The molecule has 0 bridgehead atoms. The van der Waals surface area contributed by atoms with E-state index in [0.29, 0.717) is 24.7 Å². The summed E-state index contributed by atoms with van der Waals surface area (Å²) in [6.45, 7) is 5.89. The molecule has 36 heavy (non-hydrogen) atoms. The van der Waals surface area contributed by atoms with Gasteiger partial charge >= 0.3 is 0 Å². The van der Waals surface area contributed by atoms with E-state index in [1.807, 2.05) is 12.1 Å². The Balaban J connectivity index is 2.25. The van der Waals surface area contributed by atoms with Gasteiger partial charge in [-0.25, -0.2) is 0 Å². The number of unbranched alkanes of at least 4 members (excludes halogenated alkanes) is 18. The molecule has 0 unspecified atom stereocenters. The summed E-state index contributed by atoms with van der Waals surface area (Å²) in [6.07, 6.45) is 37.7. The minimum Gasteiger partial charge on any atom is -0.492 e. The second-order valence-electron chi connectivity index (χ2n) is 10.2. The number of hydrogen-bond acceptors (Lipinski definition) is 2. The van der Waals surface area contributed by atoms with Crippen LogP contribution in [0.5, 0.6) is 11.5 Å². The van der Waals surface area contributed by atoms with Crippen molar-refractivity contribution in [3.8, 4) is 36.2 Å². The number of terminal acetylenes is 2. The average molecular weight is 495 g/mol. The van der Waals surface area contributed by atoms with Gasteiger partial charge in [-0.15, -0.1) is 12.8 Å². The largest absolute Gasteiger partial charge is 0.492 e. The molecule has 0 amide bonds. The van der Waals surface area contributed by atoms with Crippen LogP contribution in [0, 0.1) is 24.7 Å². The monoisotopic (exact) mass is 494 g/mol. The molecule has 0 atom stereocenters. The average Bonchev–Trinajstić information content (AvgIpc) is 2.90. The summed E-state index contributed by atoms with van der Waals surface area (Å²) in [5.41, 5.74) is 1.44. The lowest BCUT2D eigenvalue weighted by atomic mass is 10.1. The third-order valence-corrected chi connectivity index (χ3v) is 6.90. The topological polar surface area (TPSA) is 18.5 Å². The fraction of sp³-hybridized carbons (Fsp3) is 0.706. The lowest BCUT2D eigenvalue weighted by Gasteiger charge is -2.13. The molecule has 0 spiro atoms. The Morgan fingerprint density at radius 3 is 1.03 bits per heavy atom. The van der Waals surface area contributed by atoms with Crippen molar-refractivity contribution in [3.05, 3.63) is 23.3 Å². The third-order valence-electron chi connectivity index (χ3n) is 6.90. The maximum Gasteiger partial charge on any atom is 0.136 e. The minimum atomic E-state index is 0.675. The van der Waals surface area contributed by atoms with E-state index in [0.717, 1.165) is 24.0 Å². The van der Waals surface area contributed by atoms with Crippen molar-refractivity contribution in [3.63, 3.8) is 0 Å². The number of benzene rings is 1. The predicted molar refractivity (Wildman–Crippen MR) is 157 cm³/mol. The standard InChI is InChI=1S/C34H54O2/c1-5-9-11-13-15-17-19-21-23-25-27-35-33-29-32(8-4)34(30-31(33)7-3)36-28-26-24-22-20-18-16-14-12-10-6-2/h3-4,29-30H,5-6,9-28H2,1-2H3. The summed E-state index contributed by atoms with van der Waals surface area (Å²) < 4.78 is 12.0. The smallest absolute Gasteiger partial charge is 0.136 e. The normalized spacial score (nSPS) is 10.7. The van der Waals surface area contributed by atoms with Gasteiger partial charge in [-0.3, -0.25) is 0 Å². The van der Waals surface area contributed by atoms with Gasteiger partial charge < -0.3 is 9.47 Å². The van der Waals surface area contributed by atoms with Gasteiger partial charge in [0.25, 0.3) is 0 Å². The van der Waals surface area contributed by atoms with Crippen LogP contribution in [-0.2, 0) is 0 Å². The zero-order valence-corrected chi connectivity index (χ0v) is 23.7. The molecule has 202 valence electrons. The highest BCUT2D eigenvalue weighted by atomic mass is 16.5. The minimum absolute atomic E-state index is 0.675. The van der Waals surface area contributed by atoms with E-state index in [9.17, 15) is 0 Å². The van der Waals surface area contributed by atoms with E-state index in [1.54, 1.807) is 0 Å². The summed E-state index contributed by atoms with van der Waals surface area (Å²) in [4.78, 5) is 0. The summed E-state index contributed by atoms with van der Waals surface area (Å²) in [6, 6.07) is 3.75. The first-order chi connectivity index (χ1) is 17.8. The zero-order valence-electron chi connectivity index (χ0n) is 23.7. The van der Waals surface area contributed by atoms with E-state index in [1.165, 1.54) is 116 Å². The summed E-state index contributed by atoms with van der Waals surface area (Å²) in [5.74, 6) is 6.90. The number of rotatable bonds is 24. The van der Waals surface area contributed by atoms with Crippen molar-refractivity contribution in [2.75, 3.05) is 13.2 Å². The van der Waals surface area contributed by atoms with Crippen molar-refractivity contribution < 1.29 is 9.47 Å². The van der Waals surface area contributed by atoms with Gasteiger partial charge in [0.15, 0.2) is 0 Å². The van der Waals surface area contributed by atoms with Crippen LogP contribution in [0.25, 0.3) is 0 Å². The molecule has 0 saturated heterocycles. The van der Waals surface area contributed by atoms with Crippen molar-refractivity contribution in [2.24, 2.45) is 0 Å². The molecule has 2 heteroatoms. The molecular weight excluding hydrogens is 440 g/mol. The molecule has 0 radical (unpaired) electrons. The van der Waals surface area contributed by atoms with Crippen LogP contribution in [0.3, 0.4) is 0 Å². The molecule has 0 aliphatic carbocycles. The first-order valence-corrected chi connectivity index (χ1v) is 15.1. The molecule has 0 heterocycles. The Hall–Kier alpha value is -2.06. The van der Waals surface area contributed by atoms with Crippen LogP contribution in [0.15, 0.2) is 12.1 Å². The quantitative estimate of drug-likeness (QED) is 0.105. The van der Waals surface area contributed by atoms with Gasteiger partial charge in [-0.1, -0.05) is 141 Å². The maximum absolute atomic E-state index is 6.02. The molecule has 0 aromatic heterocycles. The Bertz CT molecular complexity index is 673. The molecule has 0 aliphatic heterocycles. The SMILES string of the molecule is C#Cc1cc(OCCCCCCCCCCCC)c(C#C)cc1OCCCCCCCCCCCC. The Kier molecular flexibility index (Phi) is 20.7. The highest BCUT2D eigenvalue weighted by molar-refractivity contribution is 5.57. The summed E-state index contributed by atoms with van der Waals surface area (Å²) >= 11 is 0. The van der Waals surface area contributed by atoms with Crippen LogP contribution < -0.4 is 9.47 Å². The molecule has 0 fully saturated rings. The van der Waals surface area contributed by atoms with Crippen molar-refractivity contribution in [1.29, 1.82) is 0 Å². The number of hydrogen-bond donors (Lipinski definition) is 0. The molecule has 0 N–H and O–H groups in total. The van der Waals surface area contributed by atoms with Gasteiger partial charge in [0.05, 0.1) is 24.3 Å². The molecular formula is C34H54O2. The van der Waals surface area contributed by atoms with Crippen LogP contribution in [0.2, 0.25) is 0 Å². The van der Waals surface area contributed by atoms with Gasteiger partial charge in [-0.05, 0) is 12.8 Å². The molecule has 2 nitrogen and oxygen atoms in total. The Morgan fingerprint density at radius 1 is 0.472 bits per heavy atom. The fourth-order valence-electron chi connectivity index (χ4n) is 4.57. The lowest BCUT2D eigenvalue weighted by Crippen LogP contribution is -2.03. The number of ether oxygens (including phenoxy) is 2. The second-order valence-corrected chi connectivity index (χ2v) is 10.2. The third kappa shape index (κ3) is 15.8. The Morgan fingerprint density at radius 2 is 0.750 bits per heavy atom. The van der Waals surface area contributed by atoms with Crippen LogP contribution in [0.4, 0.5) is 0 Å². The van der Waals surface area contributed by atoms with Gasteiger partial charge in [0, 0.05) is 12.1 Å². The van der Waals surface area contributed by atoms with E-state index in [-0.39, 0.29) is 0 Å². The van der Waals surface area contributed by atoms with Crippen molar-refractivity contribution in [1.82, 2.24) is 0 Å². The van der Waals surface area contributed by atoms with E-state index in [2.05, 4.69) is 25.7 Å². The first kappa shape index (κ1) is 32.0. The summed E-state index contributed by atoms with van der Waals surface area (Å²) in [7, 11) is 0. The van der Waals surface area contributed by atoms with E-state index >= 15 is 0 Å². The lowest BCUT2D eigenvalue weighted by molar-refractivity contribution is 0.295. The molecule has 0 saturated carbocycles. The second kappa shape index (κ2) is 23.3. The van der Waals surface area contributed by atoms with Crippen molar-refractivity contribution >= 4 is 0 Å². The van der Waals surface area contributed by atoms with Crippen molar-refractivity contribution in [2.45, 2.75) is 142 Å². The van der Waals surface area contributed by atoms with Crippen LogP contribution in [0.1, 0.15) is 153 Å². The van der Waals surface area contributed by atoms with Crippen LogP contribution in [-0.4, -0.2) is 13.2 Å². The summed E-state index contributed by atoms with van der Waals surface area (Å²) in [5, 5.41) is 0. The molecule has 1 aromatic rings. The molecule has 1 rings (SSSR count). The highest BCUT2D eigenvalue weighted by Gasteiger charge is 2.10. The molecule has 0 aliphatic rings. The maximum atomic E-state index is 6.02. The van der Waals surface area contributed by atoms with Gasteiger partial charge in [-0.2, -0.15) is 0 Å². The van der Waals surface area contributed by atoms with E-state index < -0.39 is 0 Å². The first-order valence-electron chi connectivity index (χ1n) is 15.1. The van der Waals surface area contributed by atoms with E-state index in [4.69, 9.17) is 22.3 Å². The molecule has 1 aromatic carbocycles. The van der Waals surface area contributed by atoms with Gasteiger partial charge in [0.1, 0.15) is 11.5 Å². The Labute approximate surface area is 224 Å². The predicted octanol–water partition coefficient (Wildman–Crippen LogP) is 10.2.